The number of hydrogen-bond acceptors (Lipinski definition) is 8. The second-order valence-corrected chi connectivity index (χ2v) is 36.1. The van der Waals surface area contributed by atoms with Gasteiger partial charge in [-0.15, -0.1) is 0 Å². The Bertz CT molecular complexity index is 1900. The highest BCUT2D eigenvalue weighted by molar-refractivity contribution is 5.05. The predicted octanol–water partition coefficient (Wildman–Crippen LogP) is 24.4. The first-order chi connectivity index (χ1) is 45.5. The fraction of sp³-hybridized carbons (Fsp3) is 1.00. The fourth-order valence-electron chi connectivity index (χ4n) is 21.5. The molecule has 0 aliphatic heterocycles. The summed E-state index contributed by atoms with van der Waals surface area (Å²) in [5.74, 6) is 8.77. The van der Waals surface area contributed by atoms with E-state index in [1.807, 2.05) is 0 Å². The van der Waals surface area contributed by atoms with Gasteiger partial charge in [-0.1, -0.05) is 153 Å². The van der Waals surface area contributed by atoms with Crippen molar-refractivity contribution in [2.45, 2.75) is 362 Å². The highest BCUT2D eigenvalue weighted by atomic mass is 16.5. The summed E-state index contributed by atoms with van der Waals surface area (Å²) in [7, 11) is 0. The third-order valence-electron chi connectivity index (χ3n) is 28.5. The van der Waals surface area contributed by atoms with Crippen LogP contribution in [0.1, 0.15) is 356 Å². The zero-order chi connectivity index (χ0) is 69.5. The zero-order valence-corrected chi connectivity index (χ0v) is 67.1. The van der Waals surface area contributed by atoms with Crippen LogP contribution in [-0.4, -0.2) is 105 Å². The molecule has 6 atom stereocenters. The lowest BCUT2D eigenvalue weighted by Crippen LogP contribution is -2.53. The lowest BCUT2D eigenvalue weighted by molar-refractivity contribution is -0.132. The van der Waals surface area contributed by atoms with Gasteiger partial charge in [-0.05, 0) is 300 Å². The van der Waals surface area contributed by atoms with Gasteiger partial charge in [0, 0.05) is 52.9 Å². The molecule has 562 valence electrons. The third kappa shape index (κ3) is 26.1. The smallest absolute Gasteiger partial charge is 0.0656 e. The van der Waals surface area contributed by atoms with Crippen LogP contribution in [0.2, 0.25) is 0 Å². The molecule has 8 bridgehead atoms. The average Bonchev–Trinajstić information content (AvgIpc) is 1.53. The molecule has 0 aromatic rings. The van der Waals surface area contributed by atoms with Crippen molar-refractivity contribution in [3.8, 4) is 0 Å². The van der Waals surface area contributed by atoms with Crippen LogP contribution in [0.3, 0.4) is 0 Å². The van der Waals surface area contributed by atoms with Crippen molar-refractivity contribution in [3.05, 3.63) is 0 Å². The monoisotopic (exact) mass is 1340 g/mol. The second kappa shape index (κ2) is 43.1. The summed E-state index contributed by atoms with van der Waals surface area (Å²) >= 11 is 0. The van der Waals surface area contributed by atoms with E-state index in [0.29, 0.717) is 49.4 Å². The third-order valence-corrected chi connectivity index (χ3v) is 28.5. The van der Waals surface area contributed by atoms with Gasteiger partial charge in [0.2, 0.25) is 0 Å². The highest BCUT2D eigenvalue weighted by Crippen LogP contribution is 2.62. The predicted molar refractivity (Wildman–Crippen MR) is 405 cm³/mol. The van der Waals surface area contributed by atoms with Crippen LogP contribution >= 0.6 is 0 Å². The van der Waals surface area contributed by atoms with Gasteiger partial charge in [-0.3, -0.25) is 0 Å². The molecule has 0 radical (unpaired) electrons. The van der Waals surface area contributed by atoms with E-state index < -0.39 is 0 Å². The van der Waals surface area contributed by atoms with Gasteiger partial charge in [0.1, 0.15) is 0 Å². The first kappa shape index (κ1) is 85.3. The number of hydrogen-bond donors (Lipinski definition) is 0. The molecule has 0 spiro atoms. The molecule has 95 heavy (non-hydrogen) atoms. The summed E-state index contributed by atoms with van der Waals surface area (Å²) in [6.07, 6.45) is 51.7. The molecule has 13 aliphatic carbocycles. The molecule has 13 saturated carbocycles. The molecule has 6 unspecified atom stereocenters. The van der Waals surface area contributed by atoms with Crippen molar-refractivity contribution in [1.82, 2.24) is 0 Å². The van der Waals surface area contributed by atoms with Gasteiger partial charge < -0.3 is 37.9 Å². The maximum Gasteiger partial charge on any atom is 0.0656 e. The SMILES string of the molecule is CCOC1C2CCC(C2)C1(C)C.CCOCC1(C(C)C)CCCC1.CCOCC1(C)C2CC3CC(C2)CC1C3.CCOCC1(C)CC2CCC1C2.CCOCC1(C)CCCC1.CCOCC1(C)CCCCC1.CCOCC1(CC)CCCC1.CCOCC1(CC)CCCCC1. The fourth-order valence-corrected chi connectivity index (χ4v) is 21.5. The van der Waals surface area contributed by atoms with E-state index in [9.17, 15) is 0 Å². The first-order valence-corrected chi connectivity index (χ1v) is 42.2. The van der Waals surface area contributed by atoms with Crippen LogP contribution in [0.4, 0.5) is 0 Å². The summed E-state index contributed by atoms with van der Waals surface area (Å²) in [6, 6.07) is 0. The summed E-state index contributed by atoms with van der Waals surface area (Å²) < 4.78 is 44.7. The van der Waals surface area contributed by atoms with E-state index >= 15 is 0 Å². The molecule has 13 aliphatic rings. The van der Waals surface area contributed by atoms with Gasteiger partial charge in [-0.25, -0.2) is 0 Å². The zero-order valence-electron chi connectivity index (χ0n) is 67.1. The number of fused-ring (bicyclic) bond motifs is 4. The lowest BCUT2D eigenvalue weighted by atomic mass is 9.46. The molecule has 0 aromatic carbocycles. The Morgan fingerprint density at radius 3 is 1.09 bits per heavy atom. The van der Waals surface area contributed by atoms with Crippen LogP contribution in [0, 0.1) is 96.6 Å². The molecule has 13 fully saturated rings. The Morgan fingerprint density at radius 1 is 0.326 bits per heavy atom. The maximum absolute atomic E-state index is 5.85. The lowest BCUT2D eigenvalue weighted by Gasteiger charge is -2.60. The van der Waals surface area contributed by atoms with E-state index in [1.54, 1.807) is 6.42 Å². The number of rotatable bonds is 26. The standard InChI is InChI=1S/C14H24O.2C11H20O.2C11H22O.2C10H20O.C9H18O/c1-3-15-9-14(2)12-5-10-4-11(7-12)8-13(14)6-10;1-4-12-10-8-5-6-9(7-8)11(10,2)3;1-3-12-8-11(2)7-9-4-5-10(11)6-9;1-4-12-9-11(10(2)3)7-5-6-8-11;1-3-11(10-12-4-2)8-6-5-7-9-11;1-3-11-9-10(2)7-5-4-6-8-10;1-3-10(9-11-4-2)7-5-6-8-10;1-3-10-8-9(2)6-4-5-7-9/h10-13H,3-9H2,1-2H3;8-10H,4-7H2,1-3H3;9-10H,3-8H2,1-2H3;10H,4-9H2,1-3H3;3-10H2,1-2H3;2*3-9H2,1-2H3;3-8H2,1-2H3. The van der Waals surface area contributed by atoms with E-state index in [1.165, 1.54) is 225 Å². The molecule has 0 saturated heterocycles. The molecule has 0 N–H and O–H groups in total. The largest absolute Gasteiger partial charge is 0.381 e. The van der Waals surface area contributed by atoms with Crippen LogP contribution < -0.4 is 0 Å². The van der Waals surface area contributed by atoms with Crippen molar-refractivity contribution in [3.63, 3.8) is 0 Å². The van der Waals surface area contributed by atoms with Crippen molar-refractivity contribution in [1.29, 1.82) is 0 Å². The minimum Gasteiger partial charge on any atom is -0.381 e. The Morgan fingerprint density at radius 2 is 0.705 bits per heavy atom. The molecule has 0 aromatic heterocycles. The van der Waals surface area contributed by atoms with E-state index in [2.05, 4.69) is 125 Å². The molecular formula is C87H166O8. The Kier molecular flexibility index (Phi) is 38.7. The van der Waals surface area contributed by atoms with E-state index in [0.717, 1.165) is 152 Å². The van der Waals surface area contributed by atoms with Gasteiger partial charge in [-0.2, -0.15) is 0 Å². The summed E-state index contributed by atoms with van der Waals surface area (Å²) in [4.78, 5) is 0. The Hall–Kier alpha value is -0.320. The van der Waals surface area contributed by atoms with Gasteiger partial charge >= 0.3 is 0 Å². The summed E-state index contributed by atoms with van der Waals surface area (Å²) in [5, 5.41) is 0. The van der Waals surface area contributed by atoms with Gasteiger partial charge in [0.05, 0.1) is 52.4 Å². The number of ether oxygens (including phenoxy) is 8. The van der Waals surface area contributed by atoms with E-state index in [4.69, 9.17) is 37.9 Å². The van der Waals surface area contributed by atoms with Gasteiger partial charge in [0.25, 0.3) is 0 Å². The first-order valence-electron chi connectivity index (χ1n) is 42.2. The topological polar surface area (TPSA) is 73.8 Å². The normalized spacial score (nSPS) is 32.9. The average molecular weight is 1340 g/mol. The van der Waals surface area contributed by atoms with Crippen LogP contribution in [-0.2, 0) is 37.9 Å². The highest BCUT2D eigenvalue weighted by Gasteiger charge is 2.55. The Balaban J connectivity index is 0.000000197. The summed E-state index contributed by atoms with van der Waals surface area (Å²) in [6.45, 7) is 54.4. The molecule has 13 rings (SSSR count). The molecule has 8 heteroatoms. The van der Waals surface area contributed by atoms with Crippen LogP contribution in [0.5, 0.6) is 0 Å². The van der Waals surface area contributed by atoms with Crippen LogP contribution in [0.25, 0.3) is 0 Å². The van der Waals surface area contributed by atoms with E-state index in [-0.39, 0.29) is 0 Å². The minimum atomic E-state index is 0.457. The minimum absolute atomic E-state index is 0.457. The van der Waals surface area contributed by atoms with Gasteiger partial charge in [0.15, 0.2) is 0 Å². The molecule has 0 amide bonds. The Labute approximate surface area is 592 Å². The molecule has 8 nitrogen and oxygen atoms in total. The molecular weight excluding hydrogens is 1170 g/mol. The van der Waals surface area contributed by atoms with Crippen molar-refractivity contribution in [2.24, 2.45) is 96.6 Å². The maximum atomic E-state index is 5.85. The summed E-state index contributed by atoms with van der Waals surface area (Å²) in [5.41, 5.74) is 4.20. The van der Waals surface area contributed by atoms with Crippen LogP contribution in [0.15, 0.2) is 0 Å². The van der Waals surface area contributed by atoms with Crippen molar-refractivity contribution < 1.29 is 37.9 Å². The quantitative estimate of drug-likeness (QED) is 0.0848. The second-order valence-electron chi connectivity index (χ2n) is 36.1. The van der Waals surface area contributed by atoms with Crippen molar-refractivity contribution >= 4 is 0 Å². The molecule has 0 heterocycles. The van der Waals surface area contributed by atoms with Crippen molar-refractivity contribution in [2.75, 3.05) is 99.1 Å².